The van der Waals surface area contributed by atoms with E-state index >= 15 is 0 Å². The Kier molecular flexibility index (Phi) is 4.73. The molecule has 2 atom stereocenters. The number of allylic oxidation sites excluding steroid dienone is 1. The van der Waals surface area contributed by atoms with E-state index in [0.29, 0.717) is 34.5 Å². The zero-order valence-electron chi connectivity index (χ0n) is 15.9. The molecule has 1 aliphatic heterocycles. The molecular formula is C22H18F2N4O. The van der Waals surface area contributed by atoms with Gasteiger partial charge in [-0.05, 0) is 49.4 Å². The molecule has 0 bridgehead atoms. The minimum atomic E-state index is -0.904. The smallest absolute Gasteiger partial charge is 0.256 e. The molecule has 0 spiro atoms. The number of aromatic nitrogens is 2. The third kappa shape index (κ3) is 3.22. The first-order valence-corrected chi connectivity index (χ1v) is 9.17. The van der Waals surface area contributed by atoms with Crippen LogP contribution in [0.2, 0.25) is 0 Å². The fourth-order valence-corrected chi connectivity index (χ4v) is 3.67. The third-order valence-electron chi connectivity index (χ3n) is 5.39. The summed E-state index contributed by atoms with van der Waals surface area (Å²) in [5.74, 6) is -2.31. The van der Waals surface area contributed by atoms with Crippen LogP contribution < -0.4 is 0 Å². The Morgan fingerprint density at radius 1 is 1.24 bits per heavy atom. The number of likely N-dealkylation sites (N-methyl/N-ethyl adjacent to an activating group) is 1. The number of fused-ring (bicyclic) bond motifs is 3. The van der Waals surface area contributed by atoms with Gasteiger partial charge < -0.3 is 0 Å². The van der Waals surface area contributed by atoms with Gasteiger partial charge in [0.05, 0.1) is 17.1 Å². The molecule has 0 unspecified atom stereocenters. The first-order valence-electron chi connectivity index (χ1n) is 9.17. The van der Waals surface area contributed by atoms with Gasteiger partial charge in [0.1, 0.15) is 11.7 Å². The Hall–Kier alpha value is -3.37. The first kappa shape index (κ1) is 19.0. The molecule has 0 fully saturated rings. The molecule has 146 valence electrons. The van der Waals surface area contributed by atoms with Crippen LogP contribution in [0.1, 0.15) is 35.1 Å². The van der Waals surface area contributed by atoms with Crippen LogP contribution in [-0.2, 0) is 0 Å². The minimum Gasteiger partial charge on any atom is -0.296 e. The molecule has 0 N–H and O–H groups in total. The Morgan fingerprint density at radius 2 is 2.00 bits per heavy atom. The van der Waals surface area contributed by atoms with Gasteiger partial charge in [-0.1, -0.05) is 18.2 Å². The second-order valence-corrected chi connectivity index (χ2v) is 7.18. The monoisotopic (exact) mass is 392 g/mol. The summed E-state index contributed by atoms with van der Waals surface area (Å²) in [4.78, 5) is 19.2. The second kappa shape index (κ2) is 7.22. The van der Waals surface area contributed by atoms with Crippen LogP contribution in [0.4, 0.5) is 8.78 Å². The molecule has 4 rings (SSSR count). The van der Waals surface area contributed by atoms with Crippen molar-refractivity contribution in [2.45, 2.75) is 18.9 Å². The number of rotatable bonds is 4. The summed E-state index contributed by atoms with van der Waals surface area (Å²) in [7, 11) is 1.81. The number of hydrogen-bond donors (Lipinski definition) is 0. The Labute approximate surface area is 166 Å². The van der Waals surface area contributed by atoms with E-state index in [2.05, 4.69) is 11.1 Å². The van der Waals surface area contributed by atoms with Crippen LogP contribution in [0, 0.1) is 23.0 Å². The topological polar surface area (TPSA) is 61.9 Å². The van der Waals surface area contributed by atoms with Crippen molar-refractivity contribution in [3.63, 3.8) is 0 Å². The zero-order valence-corrected chi connectivity index (χ0v) is 15.9. The van der Waals surface area contributed by atoms with E-state index in [0.717, 1.165) is 12.1 Å². The molecule has 0 radical (unpaired) electrons. The Morgan fingerprint density at radius 3 is 2.72 bits per heavy atom. The maximum absolute atomic E-state index is 13.6. The number of benzene rings is 2. The van der Waals surface area contributed by atoms with Crippen molar-refractivity contribution in [2.24, 2.45) is 0 Å². The van der Waals surface area contributed by atoms with Crippen molar-refractivity contribution in [3.8, 4) is 6.07 Å². The van der Waals surface area contributed by atoms with Crippen LogP contribution in [0.15, 0.2) is 54.1 Å². The Bertz CT molecular complexity index is 1190. The number of nitriles is 1. The highest BCUT2D eigenvalue weighted by molar-refractivity contribution is 5.99. The lowest BCUT2D eigenvalue weighted by Gasteiger charge is -2.29. The zero-order chi connectivity index (χ0) is 20.7. The fraction of sp³-hybridized carbons (Fsp3) is 0.227. The largest absolute Gasteiger partial charge is 0.296 e. The molecule has 3 aromatic rings. The average Bonchev–Trinajstić information content (AvgIpc) is 3.09. The van der Waals surface area contributed by atoms with Gasteiger partial charge in [0.2, 0.25) is 0 Å². The number of halogens is 2. The lowest BCUT2D eigenvalue weighted by atomic mass is 9.95. The molecule has 2 aromatic carbocycles. The van der Waals surface area contributed by atoms with E-state index in [1.54, 1.807) is 12.1 Å². The van der Waals surface area contributed by atoms with Crippen molar-refractivity contribution in [1.29, 1.82) is 5.26 Å². The van der Waals surface area contributed by atoms with Gasteiger partial charge in [-0.25, -0.2) is 13.8 Å². The molecule has 5 nitrogen and oxygen atoms in total. The van der Waals surface area contributed by atoms with Gasteiger partial charge >= 0.3 is 0 Å². The van der Waals surface area contributed by atoms with Gasteiger partial charge in [-0.2, -0.15) is 5.26 Å². The molecule has 1 aliphatic rings. The first-order chi connectivity index (χ1) is 13.9. The standard InChI is InChI=1S/C22H18F2N4O/c1-13(14-7-8-17(23)18(24)9-14)27(2)12-15-10-21(29)28-20-6-4-3-5-19(20)26-22(28)16(15)11-25/h3-10,13,16H,12H2,1-2H3/t13-,16+/m1/s1. The normalized spacial score (nSPS) is 17.2. The number of para-hydroxylation sites is 2. The summed E-state index contributed by atoms with van der Waals surface area (Å²) in [6.45, 7) is 2.17. The number of carbonyl (C=O) groups is 1. The molecular weight excluding hydrogens is 374 g/mol. The van der Waals surface area contributed by atoms with E-state index in [1.165, 1.54) is 16.7 Å². The summed E-state index contributed by atoms with van der Waals surface area (Å²) >= 11 is 0. The third-order valence-corrected chi connectivity index (χ3v) is 5.39. The van der Waals surface area contributed by atoms with Gasteiger partial charge in [-0.3, -0.25) is 14.3 Å². The molecule has 0 saturated heterocycles. The van der Waals surface area contributed by atoms with Crippen LogP contribution in [0.5, 0.6) is 0 Å². The van der Waals surface area contributed by atoms with Crippen molar-refractivity contribution < 1.29 is 13.6 Å². The predicted octanol–water partition coefficient (Wildman–Crippen LogP) is 4.19. The van der Waals surface area contributed by atoms with Crippen LogP contribution >= 0.6 is 0 Å². The predicted molar refractivity (Wildman–Crippen MR) is 104 cm³/mol. The summed E-state index contributed by atoms with van der Waals surface area (Å²) < 4.78 is 28.3. The molecule has 7 heteroatoms. The average molecular weight is 392 g/mol. The van der Waals surface area contributed by atoms with Crippen molar-refractivity contribution >= 4 is 16.9 Å². The quantitative estimate of drug-likeness (QED) is 0.668. The summed E-state index contributed by atoms with van der Waals surface area (Å²) in [6, 6.07) is 13.1. The minimum absolute atomic E-state index is 0.246. The van der Waals surface area contributed by atoms with Crippen LogP contribution in [0.25, 0.3) is 11.0 Å². The maximum atomic E-state index is 13.6. The van der Waals surface area contributed by atoms with Crippen LogP contribution in [-0.4, -0.2) is 34.0 Å². The molecule has 0 aliphatic carbocycles. The maximum Gasteiger partial charge on any atom is 0.256 e. The van der Waals surface area contributed by atoms with Gasteiger partial charge in [0.25, 0.3) is 5.91 Å². The van der Waals surface area contributed by atoms with Crippen molar-refractivity contribution in [3.05, 3.63) is 77.1 Å². The van der Waals surface area contributed by atoms with E-state index in [4.69, 9.17) is 0 Å². The van der Waals surface area contributed by atoms with Crippen molar-refractivity contribution in [2.75, 3.05) is 13.6 Å². The van der Waals surface area contributed by atoms with E-state index in [-0.39, 0.29) is 11.9 Å². The van der Waals surface area contributed by atoms with E-state index < -0.39 is 17.6 Å². The molecule has 2 heterocycles. The second-order valence-electron chi connectivity index (χ2n) is 7.18. The van der Waals surface area contributed by atoms with E-state index in [9.17, 15) is 18.8 Å². The highest BCUT2D eigenvalue weighted by Crippen LogP contribution is 2.32. The lowest BCUT2D eigenvalue weighted by Crippen LogP contribution is -2.30. The number of carbonyl (C=O) groups excluding carboxylic acids is 1. The molecule has 0 saturated carbocycles. The summed E-state index contributed by atoms with van der Waals surface area (Å²) in [5, 5.41) is 9.79. The number of nitrogens with zero attached hydrogens (tertiary/aromatic N) is 4. The number of imidazole rings is 1. The van der Waals surface area contributed by atoms with Crippen molar-refractivity contribution in [1.82, 2.24) is 14.5 Å². The molecule has 0 amide bonds. The SMILES string of the molecule is C[C@H](c1ccc(F)c(F)c1)N(C)CC1=CC(=O)n2c(nc3ccccc32)[C@H]1C#N. The molecule has 1 aromatic heterocycles. The Balaban J connectivity index is 1.64. The summed E-state index contributed by atoms with van der Waals surface area (Å²) in [6.07, 6.45) is 1.48. The van der Waals surface area contributed by atoms with E-state index in [1.807, 2.05) is 31.0 Å². The highest BCUT2D eigenvalue weighted by Gasteiger charge is 2.32. The summed E-state index contributed by atoms with van der Waals surface area (Å²) in [5.41, 5.74) is 2.56. The lowest BCUT2D eigenvalue weighted by molar-refractivity contribution is 0.0963. The van der Waals surface area contributed by atoms with Crippen LogP contribution in [0.3, 0.4) is 0 Å². The highest BCUT2D eigenvalue weighted by atomic mass is 19.2. The fourth-order valence-electron chi connectivity index (χ4n) is 3.67. The number of hydrogen-bond acceptors (Lipinski definition) is 4. The van der Waals surface area contributed by atoms with Gasteiger partial charge in [0.15, 0.2) is 11.6 Å². The molecule has 29 heavy (non-hydrogen) atoms. The van der Waals surface area contributed by atoms with Gasteiger partial charge in [0, 0.05) is 18.7 Å². The van der Waals surface area contributed by atoms with Gasteiger partial charge in [-0.15, -0.1) is 0 Å².